The van der Waals surface area contributed by atoms with Crippen molar-refractivity contribution in [1.82, 2.24) is 10.2 Å². The summed E-state index contributed by atoms with van der Waals surface area (Å²) < 4.78 is 37.8. The predicted molar refractivity (Wildman–Crippen MR) is 127 cm³/mol. The number of hydrogen-bond donors (Lipinski definition) is 1. The Kier molecular flexibility index (Phi) is 17.4. The summed E-state index contributed by atoms with van der Waals surface area (Å²) in [6, 6.07) is 0. The van der Waals surface area contributed by atoms with Crippen molar-refractivity contribution < 1.29 is 33.2 Å². The van der Waals surface area contributed by atoms with E-state index in [9.17, 15) is 0 Å². The molecule has 2 saturated heterocycles. The van der Waals surface area contributed by atoms with Crippen molar-refractivity contribution >= 4 is 0 Å². The van der Waals surface area contributed by atoms with Crippen LogP contribution in [0.15, 0.2) is 0 Å². The first kappa shape index (κ1) is 28.9. The summed E-state index contributed by atoms with van der Waals surface area (Å²) in [6.45, 7) is 13.7. The van der Waals surface area contributed by atoms with Gasteiger partial charge in [-0.15, -0.1) is 0 Å². The molecule has 2 heterocycles. The maximum Gasteiger partial charge on any atom is 0.0701 e. The number of hydrogen-bond acceptors (Lipinski definition) is 9. The van der Waals surface area contributed by atoms with Gasteiger partial charge in [0.1, 0.15) is 0 Å². The summed E-state index contributed by atoms with van der Waals surface area (Å²) in [4.78, 5) is 2.55. The Hall–Kier alpha value is -0.360. The highest BCUT2D eigenvalue weighted by Crippen LogP contribution is 2.39. The lowest BCUT2D eigenvalue weighted by atomic mass is 9.71. The first-order chi connectivity index (χ1) is 16.3. The molecule has 0 aromatic heterocycles. The van der Waals surface area contributed by atoms with Crippen molar-refractivity contribution in [2.24, 2.45) is 5.41 Å². The van der Waals surface area contributed by atoms with Crippen molar-refractivity contribution in [1.29, 1.82) is 0 Å². The Morgan fingerprint density at radius 3 is 1.36 bits per heavy atom. The van der Waals surface area contributed by atoms with Crippen LogP contribution in [0.25, 0.3) is 0 Å². The fourth-order valence-corrected chi connectivity index (χ4v) is 4.25. The molecule has 0 aromatic carbocycles. The summed E-state index contributed by atoms with van der Waals surface area (Å²) in [6.07, 6.45) is 5.41. The van der Waals surface area contributed by atoms with E-state index in [1.807, 2.05) is 0 Å². The molecule has 1 N–H and O–H groups in total. The normalized spacial score (nSPS) is 18.8. The van der Waals surface area contributed by atoms with Crippen LogP contribution in [0.2, 0.25) is 0 Å². The standard InChI is InChI=1S/C24H48N2O7/c1-27-12-13-29-16-17-31-20-21-33-23-22-32-19-18-30-15-14-28-11-10-26-8-4-24(5-9-26)2-6-25-7-3-24/h25H,2-23H2,1H3. The summed E-state index contributed by atoms with van der Waals surface area (Å²) in [5.41, 5.74) is 0.624. The molecule has 0 atom stereocenters. The number of rotatable bonds is 21. The van der Waals surface area contributed by atoms with Crippen LogP contribution in [0.3, 0.4) is 0 Å². The molecule has 0 radical (unpaired) electrons. The van der Waals surface area contributed by atoms with Crippen LogP contribution >= 0.6 is 0 Å². The van der Waals surface area contributed by atoms with Crippen molar-refractivity contribution in [3.8, 4) is 0 Å². The maximum absolute atomic E-state index is 5.73. The number of likely N-dealkylation sites (tertiary alicyclic amines) is 1. The fraction of sp³-hybridized carbons (Fsp3) is 1.00. The minimum absolute atomic E-state index is 0.561. The topological polar surface area (TPSA) is 79.9 Å². The maximum atomic E-state index is 5.73. The van der Waals surface area contributed by atoms with E-state index in [0.717, 1.165) is 13.2 Å². The van der Waals surface area contributed by atoms with E-state index in [4.69, 9.17) is 33.2 Å². The number of ether oxygens (including phenoxy) is 7. The van der Waals surface area contributed by atoms with E-state index in [1.54, 1.807) is 7.11 Å². The average Bonchev–Trinajstić information content (AvgIpc) is 2.84. The molecule has 1 spiro atoms. The van der Waals surface area contributed by atoms with Gasteiger partial charge in [0.25, 0.3) is 0 Å². The highest BCUT2D eigenvalue weighted by molar-refractivity contribution is 4.89. The van der Waals surface area contributed by atoms with Crippen LogP contribution < -0.4 is 5.32 Å². The molecule has 0 bridgehead atoms. The van der Waals surface area contributed by atoms with Gasteiger partial charge >= 0.3 is 0 Å². The van der Waals surface area contributed by atoms with Crippen molar-refractivity contribution in [2.75, 3.05) is 126 Å². The number of nitrogens with one attached hydrogen (secondary N) is 1. The molecule has 0 amide bonds. The van der Waals surface area contributed by atoms with Gasteiger partial charge in [0.05, 0.1) is 85.9 Å². The molecule has 0 saturated carbocycles. The van der Waals surface area contributed by atoms with Crippen LogP contribution in [-0.2, 0) is 33.2 Å². The highest BCUT2D eigenvalue weighted by atomic mass is 16.6. The third kappa shape index (κ3) is 14.6. The van der Waals surface area contributed by atoms with Gasteiger partial charge < -0.3 is 43.4 Å². The number of methoxy groups -OCH3 is 1. The zero-order valence-electron chi connectivity index (χ0n) is 20.9. The lowest BCUT2D eigenvalue weighted by molar-refractivity contribution is -0.0204. The van der Waals surface area contributed by atoms with Gasteiger partial charge in [-0.2, -0.15) is 0 Å². The Bertz CT molecular complexity index is 429. The minimum Gasteiger partial charge on any atom is -0.382 e. The Labute approximate surface area is 200 Å². The van der Waals surface area contributed by atoms with E-state index < -0.39 is 0 Å². The summed E-state index contributed by atoms with van der Waals surface area (Å²) in [5, 5.41) is 3.49. The number of nitrogens with zero attached hydrogens (tertiary/aromatic N) is 1. The molecule has 0 aliphatic carbocycles. The second-order valence-electron chi connectivity index (χ2n) is 8.76. The first-order valence-electron chi connectivity index (χ1n) is 12.7. The van der Waals surface area contributed by atoms with Crippen LogP contribution in [-0.4, -0.2) is 131 Å². The van der Waals surface area contributed by atoms with Gasteiger partial charge in [0.2, 0.25) is 0 Å². The monoisotopic (exact) mass is 476 g/mol. The van der Waals surface area contributed by atoms with Gasteiger partial charge in [-0.05, 0) is 57.3 Å². The molecular formula is C24H48N2O7. The summed E-state index contributed by atoms with van der Waals surface area (Å²) >= 11 is 0. The molecule has 2 aliphatic rings. The fourth-order valence-electron chi connectivity index (χ4n) is 4.25. The second-order valence-corrected chi connectivity index (χ2v) is 8.76. The minimum atomic E-state index is 0.561. The predicted octanol–water partition coefficient (Wildman–Crippen LogP) is 1.20. The first-order valence-corrected chi connectivity index (χ1v) is 12.7. The van der Waals surface area contributed by atoms with E-state index in [-0.39, 0.29) is 0 Å². The SMILES string of the molecule is COCCOCCOCCOCCOCCOCCOCCN1CCC2(CCNCC2)CC1. The largest absolute Gasteiger partial charge is 0.382 e. The van der Waals surface area contributed by atoms with E-state index in [1.165, 1.54) is 51.9 Å². The molecule has 33 heavy (non-hydrogen) atoms. The molecule has 9 nitrogen and oxygen atoms in total. The molecule has 0 unspecified atom stereocenters. The Morgan fingerprint density at radius 2 is 0.939 bits per heavy atom. The van der Waals surface area contributed by atoms with Crippen LogP contribution in [0.5, 0.6) is 0 Å². The van der Waals surface area contributed by atoms with Crippen molar-refractivity contribution in [3.05, 3.63) is 0 Å². The van der Waals surface area contributed by atoms with Crippen molar-refractivity contribution in [3.63, 3.8) is 0 Å². The summed E-state index contributed by atoms with van der Waals surface area (Å²) in [7, 11) is 1.66. The Morgan fingerprint density at radius 1 is 0.545 bits per heavy atom. The molecular weight excluding hydrogens is 428 g/mol. The summed E-state index contributed by atoms with van der Waals surface area (Å²) in [5.74, 6) is 0. The highest BCUT2D eigenvalue weighted by Gasteiger charge is 2.35. The lowest BCUT2D eigenvalue weighted by Gasteiger charge is -2.44. The molecule has 9 heteroatoms. The molecule has 2 rings (SSSR count). The molecule has 196 valence electrons. The van der Waals surface area contributed by atoms with Crippen molar-refractivity contribution in [2.45, 2.75) is 25.7 Å². The number of piperidine rings is 2. The van der Waals surface area contributed by atoms with Gasteiger partial charge in [0.15, 0.2) is 0 Å². The van der Waals surface area contributed by atoms with E-state index >= 15 is 0 Å². The zero-order valence-corrected chi connectivity index (χ0v) is 20.9. The lowest BCUT2D eigenvalue weighted by Crippen LogP contribution is -2.46. The Balaban J connectivity index is 1.23. The van der Waals surface area contributed by atoms with Gasteiger partial charge in [-0.1, -0.05) is 0 Å². The van der Waals surface area contributed by atoms with Crippen LogP contribution in [0.4, 0.5) is 0 Å². The molecule has 2 fully saturated rings. The molecule has 0 aromatic rings. The van der Waals surface area contributed by atoms with Gasteiger partial charge in [-0.25, -0.2) is 0 Å². The second kappa shape index (κ2) is 19.9. The van der Waals surface area contributed by atoms with Crippen LogP contribution in [0, 0.1) is 5.41 Å². The zero-order chi connectivity index (χ0) is 23.3. The third-order valence-electron chi connectivity index (χ3n) is 6.42. The van der Waals surface area contributed by atoms with Gasteiger partial charge in [-0.3, -0.25) is 0 Å². The average molecular weight is 477 g/mol. The third-order valence-corrected chi connectivity index (χ3v) is 6.42. The van der Waals surface area contributed by atoms with E-state index in [0.29, 0.717) is 84.7 Å². The smallest absolute Gasteiger partial charge is 0.0701 e. The quantitative estimate of drug-likeness (QED) is 0.246. The van der Waals surface area contributed by atoms with Gasteiger partial charge in [0, 0.05) is 13.7 Å². The van der Waals surface area contributed by atoms with E-state index in [2.05, 4.69) is 10.2 Å². The van der Waals surface area contributed by atoms with Crippen LogP contribution in [0.1, 0.15) is 25.7 Å². The molecule has 2 aliphatic heterocycles.